The fourth-order valence-electron chi connectivity index (χ4n) is 2.30. The van der Waals surface area contributed by atoms with Gasteiger partial charge in [0.1, 0.15) is 5.75 Å². The summed E-state index contributed by atoms with van der Waals surface area (Å²) in [5.41, 5.74) is 2.23. The molecule has 0 aliphatic rings. The normalized spacial score (nSPS) is 10.6. The maximum atomic E-state index is 12.1. The zero-order chi connectivity index (χ0) is 19.8. The first-order valence-corrected chi connectivity index (χ1v) is 9.69. The Morgan fingerprint density at radius 3 is 2.41 bits per heavy atom. The molecule has 27 heavy (non-hydrogen) atoms. The van der Waals surface area contributed by atoms with Gasteiger partial charge < -0.3 is 14.8 Å². The number of esters is 1. The van der Waals surface area contributed by atoms with Gasteiger partial charge in [0.15, 0.2) is 6.61 Å². The molecule has 6 heteroatoms. The summed E-state index contributed by atoms with van der Waals surface area (Å²) in [6.07, 6.45) is 0.774. The van der Waals surface area contributed by atoms with Crippen molar-refractivity contribution in [1.29, 1.82) is 0 Å². The Bertz CT molecular complexity index is 787. The molecule has 0 bridgehead atoms. The van der Waals surface area contributed by atoms with Crippen LogP contribution in [0.2, 0.25) is 0 Å². The number of carbonyl (C=O) groups excluding carboxylic acids is 2. The van der Waals surface area contributed by atoms with Crippen molar-refractivity contribution in [2.45, 2.75) is 33.1 Å². The molecule has 2 aromatic rings. The zero-order valence-corrected chi connectivity index (χ0v) is 17.3. The Morgan fingerprint density at radius 2 is 1.81 bits per heavy atom. The fourth-order valence-corrected chi connectivity index (χ4v) is 2.81. The van der Waals surface area contributed by atoms with Crippen molar-refractivity contribution >= 4 is 33.5 Å². The highest BCUT2D eigenvalue weighted by molar-refractivity contribution is 9.10. The summed E-state index contributed by atoms with van der Waals surface area (Å²) in [5, 5.41) is 2.74. The molecule has 2 rings (SSSR count). The van der Waals surface area contributed by atoms with E-state index in [0.717, 1.165) is 10.9 Å². The molecule has 1 N–H and O–H groups in total. The Kier molecular flexibility index (Phi) is 7.85. The quantitative estimate of drug-likeness (QED) is 0.584. The van der Waals surface area contributed by atoms with E-state index in [1.165, 1.54) is 5.56 Å². The number of hydrogen-bond acceptors (Lipinski definition) is 4. The Hall–Kier alpha value is -2.34. The van der Waals surface area contributed by atoms with E-state index in [9.17, 15) is 9.59 Å². The van der Waals surface area contributed by atoms with Crippen molar-refractivity contribution in [2.24, 2.45) is 0 Å². The van der Waals surface area contributed by atoms with Crippen LogP contribution in [0.5, 0.6) is 5.75 Å². The summed E-state index contributed by atoms with van der Waals surface area (Å²) < 4.78 is 11.5. The van der Waals surface area contributed by atoms with Gasteiger partial charge >= 0.3 is 5.97 Å². The van der Waals surface area contributed by atoms with E-state index in [1.54, 1.807) is 24.3 Å². The highest BCUT2D eigenvalue weighted by atomic mass is 79.9. The fraction of sp³-hybridized carbons (Fsp3) is 0.333. The monoisotopic (exact) mass is 433 g/mol. The smallest absolute Gasteiger partial charge is 0.338 e. The van der Waals surface area contributed by atoms with Crippen LogP contribution in [0, 0.1) is 0 Å². The van der Waals surface area contributed by atoms with E-state index in [-0.39, 0.29) is 18.5 Å². The average molecular weight is 434 g/mol. The lowest BCUT2D eigenvalue weighted by molar-refractivity contribution is -0.118. The van der Waals surface area contributed by atoms with E-state index < -0.39 is 0 Å². The van der Waals surface area contributed by atoms with Crippen LogP contribution < -0.4 is 10.1 Å². The number of ether oxygens (including phenoxy) is 2. The second-order valence-electron chi connectivity index (χ2n) is 6.39. The molecule has 144 valence electrons. The zero-order valence-electron chi connectivity index (χ0n) is 15.8. The Balaban J connectivity index is 1.88. The summed E-state index contributed by atoms with van der Waals surface area (Å²) in [4.78, 5) is 23.8. The second kappa shape index (κ2) is 10.1. The lowest BCUT2D eigenvalue weighted by Gasteiger charge is -2.12. The molecule has 1 amide bonds. The van der Waals surface area contributed by atoms with Crippen molar-refractivity contribution < 1.29 is 19.1 Å². The molecule has 0 aliphatic heterocycles. The standard InChI is InChI=1S/C21H24BrNO4/c1-4-11-26-21(25)15-5-8-17(9-6-15)23-20(24)13-27-19-10-7-16(14(2)3)12-18(19)22/h5-10,12,14H,4,11,13H2,1-3H3,(H,23,24). The third-order valence-corrected chi connectivity index (χ3v) is 4.44. The molecule has 0 atom stereocenters. The summed E-state index contributed by atoms with van der Waals surface area (Å²) >= 11 is 3.47. The van der Waals surface area contributed by atoms with E-state index in [2.05, 4.69) is 35.1 Å². The number of amides is 1. The minimum absolute atomic E-state index is 0.111. The van der Waals surface area contributed by atoms with Crippen molar-refractivity contribution in [3.05, 3.63) is 58.1 Å². The number of benzene rings is 2. The SMILES string of the molecule is CCCOC(=O)c1ccc(NC(=O)COc2ccc(C(C)C)cc2Br)cc1. The number of halogens is 1. The molecule has 0 aromatic heterocycles. The van der Waals surface area contributed by atoms with Crippen LogP contribution in [0.15, 0.2) is 46.9 Å². The lowest BCUT2D eigenvalue weighted by Crippen LogP contribution is -2.20. The van der Waals surface area contributed by atoms with Crippen molar-refractivity contribution in [3.63, 3.8) is 0 Å². The molecular weight excluding hydrogens is 410 g/mol. The molecule has 0 saturated carbocycles. The molecule has 0 unspecified atom stereocenters. The van der Waals surface area contributed by atoms with Crippen LogP contribution in [0.25, 0.3) is 0 Å². The lowest BCUT2D eigenvalue weighted by atomic mass is 10.0. The van der Waals surface area contributed by atoms with E-state index in [0.29, 0.717) is 29.5 Å². The Labute approximate surface area is 168 Å². The molecule has 0 heterocycles. The maximum absolute atomic E-state index is 12.1. The topological polar surface area (TPSA) is 64.6 Å². The molecule has 0 saturated heterocycles. The van der Waals surface area contributed by atoms with Gasteiger partial charge in [0.25, 0.3) is 5.91 Å². The summed E-state index contributed by atoms with van der Waals surface area (Å²) in [7, 11) is 0. The summed E-state index contributed by atoms with van der Waals surface area (Å²) in [6.45, 7) is 6.45. The first-order valence-electron chi connectivity index (χ1n) is 8.90. The minimum atomic E-state index is -0.368. The van der Waals surface area contributed by atoms with Crippen molar-refractivity contribution in [3.8, 4) is 5.75 Å². The van der Waals surface area contributed by atoms with Crippen molar-refractivity contribution in [1.82, 2.24) is 0 Å². The molecule has 0 spiro atoms. The van der Waals surface area contributed by atoms with Gasteiger partial charge in [0, 0.05) is 5.69 Å². The highest BCUT2D eigenvalue weighted by Crippen LogP contribution is 2.28. The number of nitrogens with one attached hydrogen (secondary N) is 1. The largest absolute Gasteiger partial charge is 0.483 e. The van der Waals surface area contributed by atoms with Gasteiger partial charge in [0.2, 0.25) is 0 Å². The molecule has 5 nitrogen and oxygen atoms in total. The van der Waals surface area contributed by atoms with Crippen LogP contribution in [-0.4, -0.2) is 25.1 Å². The number of carbonyl (C=O) groups is 2. The van der Waals surface area contributed by atoms with E-state index in [4.69, 9.17) is 9.47 Å². The van der Waals surface area contributed by atoms with Crippen LogP contribution in [0.3, 0.4) is 0 Å². The third-order valence-electron chi connectivity index (χ3n) is 3.82. The predicted octanol–water partition coefficient (Wildman–Crippen LogP) is 5.16. The van der Waals surface area contributed by atoms with Gasteiger partial charge in [-0.3, -0.25) is 4.79 Å². The minimum Gasteiger partial charge on any atom is -0.483 e. The summed E-state index contributed by atoms with van der Waals surface area (Å²) in [5.74, 6) is 0.383. The first kappa shape index (κ1) is 21.0. The van der Waals surface area contributed by atoms with Gasteiger partial charge in [-0.1, -0.05) is 26.8 Å². The molecular formula is C21H24BrNO4. The third kappa shape index (κ3) is 6.40. The number of hydrogen-bond donors (Lipinski definition) is 1. The van der Waals surface area contributed by atoms with Gasteiger partial charge in [-0.2, -0.15) is 0 Å². The van der Waals surface area contributed by atoms with E-state index >= 15 is 0 Å². The highest BCUT2D eigenvalue weighted by Gasteiger charge is 2.10. The first-order chi connectivity index (χ1) is 12.9. The molecule has 0 aliphatic carbocycles. The van der Waals surface area contributed by atoms with Gasteiger partial charge in [0.05, 0.1) is 16.6 Å². The van der Waals surface area contributed by atoms with Crippen LogP contribution in [0.4, 0.5) is 5.69 Å². The van der Waals surface area contributed by atoms with Gasteiger partial charge in [-0.05, 0) is 70.2 Å². The average Bonchev–Trinajstić information content (AvgIpc) is 2.65. The Morgan fingerprint density at radius 1 is 1.11 bits per heavy atom. The van der Waals surface area contributed by atoms with E-state index in [1.807, 2.05) is 25.1 Å². The second-order valence-corrected chi connectivity index (χ2v) is 7.25. The number of anilines is 1. The van der Waals surface area contributed by atoms with Crippen LogP contribution in [-0.2, 0) is 9.53 Å². The number of rotatable bonds is 8. The predicted molar refractivity (Wildman–Crippen MR) is 109 cm³/mol. The van der Waals surface area contributed by atoms with Crippen LogP contribution >= 0.6 is 15.9 Å². The van der Waals surface area contributed by atoms with Gasteiger partial charge in [-0.15, -0.1) is 0 Å². The van der Waals surface area contributed by atoms with Gasteiger partial charge in [-0.25, -0.2) is 4.79 Å². The molecule has 2 aromatic carbocycles. The van der Waals surface area contributed by atoms with Crippen molar-refractivity contribution in [2.75, 3.05) is 18.5 Å². The molecule has 0 radical (unpaired) electrons. The maximum Gasteiger partial charge on any atom is 0.338 e. The van der Waals surface area contributed by atoms with Crippen LogP contribution in [0.1, 0.15) is 49.0 Å². The summed E-state index contributed by atoms with van der Waals surface area (Å²) in [6, 6.07) is 12.4. The molecule has 0 fully saturated rings.